The molecule has 3 nitrogen and oxygen atoms in total. The Morgan fingerprint density at radius 2 is 1.59 bits per heavy atom. The maximum atomic E-state index is 9.65. The second-order valence-electron chi connectivity index (χ2n) is 9.79. The number of para-hydroxylation sites is 2. The zero-order valence-electron chi connectivity index (χ0n) is 20.8. The van der Waals surface area contributed by atoms with E-state index in [-0.39, 0.29) is 34.8 Å². The molecule has 0 saturated carbocycles. The summed E-state index contributed by atoms with van der Waals surface area (Å²) in [4.78, 5) is 2.24. The van der Waals surface area contributed by atoms with Crippen molar-refractivity contribution in [3.8, 4) is 6.07 Å². The number of allylic oxidation sites excluding steroid dienone is 8. The van der Waals surface area contributed by atoms with E-state index in [0.717, 1.165) is 0 Å². The Morgan fingerprint density at radius 1 is 0.941 bits per heavy atom. The normalized spacial score (nSPS) is 19.5. The number of benzene rings is 2. The van der Waals surface area contributed by atoms with Gasteiger partial charge in [0.1, 0.15) is 7.05 Å². The Hall–Kier alpha value is -2.91. The largest absolute Gasteiger partial charge is 1.00 e. The molecule has 0 N–H and O–H groups in total. The number of rotatable bonds is 4. The third kappa shape index (κ3) is 4.30. The molecule has 2 aliphatic rings. The molecule has 2 heterocycles. The van der Waals surface area contributed by atoms with Crippen molar-refractivity contribution in [3.63, 3.8) is 0 Å². The highest BCUT2D eigenvalue weighted by Crippen LogP contribution is 2.46. The van der Waals surface area contributed by atoms with Crippen LogP contribution >= 0.6 is 0 Å². The maximum absolute atomic E-state index is 9.65. The Kier molecular flexibility index (Phi) is 7.38. The second kappa shape index (κ2) is 9.76. The van der Waals surface area contributed by atoms with Crippen molar-refractivity contribution in [1.29, 1.82) is 5.26 Å². The average Bonchev–Trinajstić information content (AvgIpc) is 3.12. The van der Waals surface area contributed by atoms with Gasteiger partial charge in [0.15, 0.2) is 5.71 Å². The first kappa shape index (κ1) is 25.7. The van der Waals surface area contributed by atoms with Crippen LogP contribution in [0.3, 0.4) is 0 Å². The van der Waals surface area contributed by atoms with E-state index in [1.54, 1.807) is 0 Å². The summed E-state index contributed by atoms with van der Waals surface area (Å²) in [6, 6.07) is 19.3. The lowest BCUT2D eigenvalue weighted by molar-refractivity contribution is -0.401. The van der Waals surface area contributed by atoms with Crippen molar-refractivity contribution in [1.82, 2.24) is 0 Å². The summed E-state index contributed by atoms with van der Waals surface area (Å²) in [7, 11) is 4.21. The molecule has 0 unspecified atom stereocenters. The van der Waals surface area contributed by atoms with Gasteiger partial charge in [-0.05, 0) is 43.7 Å². The number of halogens is 1. The van der Waals surface area contributed by atoms with Crippen LogP contribution in [0.15, 0.2) is 96.3 Å². The van der Waals surface area contributed by atoms with E-state index in [1.165, 1.54) is 33.9 Å². The lowest BCUT2D eigenvalue weighted by atomic mass is 9.81. The molecule has 0 aliphatic carbocycles. The van der Waals surface area contributed by atoms with Gasteiger partial charge < -0.3 is 28.9 Å². The number of fused-ring (bicyclic) bond motifs is 2. The van der Waals surface area contributed by atoms with E-state index in [9.17, 15) is 5.26 Å². The molecule has 0 spiro atoms. The fraction of sp³-hybridized carbons (Fsp3) is 0.267. The average molecular weight is 562 g/mol. The van der Waals surface area contributed by atoms with Gasteiger partial charge in [0.05, 0.1) is 17.1 Å². The maximum Gasteiger partial charge on any atom is 0.209 e. The first-order valence-electron chi connectivity index (χ1n) is 11.4. The molecule has 0 atom stereocenters. The summed E-state index contributed by atoms with van der Waals surface area (Å²) >= 11 is 0. The summed E-state index contributed by atoms with van der Waals surface area (Å²) in [5.41, 5.74) is 8.04. The second-order valence-corrected chi connectivity index (χ2v) is 9.79. The highest BCUT2D eigenvalue weighted by molar-refractivity contribution is 6.03. The number of likely N-dealkylation sites (N-methyl/N-ethyl adjacent to an activating group) is 1. The molecule has 0 bridgehead atoms. The van der Waals surface area contributed by atoms with E-state index in [2.05, 4.69) is 118 Å². The van der Waals surface area contributed by atoms with Crippen LogP contribution in [-0.4, -0.2) is 24.4 Å². The van der Waals surface area contributed by atoms with Gasteiger partial charge in [0.25, 0.3) is 0 Å². The summed E-state index contributed by atoms with van der Waals surface area (Å²) in [5, 5.41) is 9.65. The van der Waals surface area contributed by atoms with Crippen molar-refractivity contribution in [2.45, 2.75) is 38.5 Å². The van der Waals surface area contributed by atoms with Gasteiger partial charge in [-0.25, -0.2) is 0 Å². The Balaban J connectivity index is 0.00000324. The quantitative estimate of drug-likeness (QED) is 0.248. The molecule has 2 aliphatic heterocycles. The van der Waals surface area contributed by atoms with Gasteiger partial charge in [-0.3, -0.25) is 0 Å². The molecule has 0 radical (unpaired) electrons. The van der Waals surface area contributed by atoms with Crippen LogP contribution in [0.1, 0.15) is 38.8 Å². The summed E-state index contributed by atoms with van der Waals surface area (Å²) < 4.78 is 2.24. The Morgan fingerprint density at radius 3 is 2.24 bits per heavy atom. The van der Waals surface area contributed by atoms with E-state index in [0.29, 0.717) is 5.57 Å². The molecule has 2 aromatic rings. The van der Waals surface area contributed by atoms with Crippen LogP contribution in [0.4, 0.5) is 11.4 Å². The first-order valence-corrected chi connectivity index (χ1v) is 11.4. The SMILES string of the molecule is CN1/C(=C/C=C/C(C#N)=C/C=C/C2=[N+](C)c3ccccc3C2(C)C)C(C)(C)c2ccccc21.[I-]. The number of hydrogen-bond acceptors (Lipinski definition) is 2. The fourth-order valence-corrected chi connectivity index (χ4v) is 5.22. The van der Waals surface area contributed by atoms with Crippen LogP contribution in [-0.2, 0) is 10.8 Å². The van der Waals surface area contributed by atoms with Gasteiger partial charge in [0.2, 0.25) is 5.69 Å². The number of nitriles is 1. The third-order valence-electron chi connectivity index (χ3n) is 7.07. The topological polar surface area (TPSA) is 30.0 Å². The molecule has 4 heteroatoms. The molecular formula is C30H32IN3. The molecule has 174 valence electrons. The fourth-order valence-electron chi connectivity index (χ4n) is 5.22. The molecule has 4 rings (SSSR count). The number of hydrogen-bond donors (Lipinski definition) is 0. The predicted octanol–water partition coefficient (Wildman–Crippen LogP) is 3.57. The molecule has 34 heavy (non-hydrogen) atoms. The van der Waals surface area contributed by atoms with E-state index in [4.69, 9.17) is 0 Å². The summed E-state index contributed by atoms with van der Waals surface area (Å²) in [6.45, 7) is 8.98. The van der Waals surface area contributed by atoms with Crippen molar-refractivity contribution < 1.29 is 28.6 Å². The van der Waals surface area contributed by atoms with Crippen molar-refractivity contribution in [3.05, 3.63) is 107 Å². The smallest absolute Gasteiger partial charge is 0.209 e. The van der Waals surface area contributed by atoms with Gasteiger partial charge in [-0.15, -0.1) is 0 Å². The van der Waals surface area contributed by atoms with E-state index >= 15 is 0 Å². The molecule has 2 aromatic carbocycles. The van der Waals surface area contributed by atoms with Crippen molar-refractivity contribution in [2.75, 3.05) is 19.0 Å². The first-order chi connectivity index (χ1) is 15.7. The van der Waals surface area contributed by atoms with Crippen LogP contribution in [0.2, 0.25) is 0 Å². The monoisotopic (exact) mass is 561 g/mol. The molecule has 0 saturated heterocycles. The number of anilines is 1. The standard InChI is InChI=1S/C30H32N3.HI/c1-29(2)23-15-7-9-17-25(23)32(5)27(29)19-11-13-22(21-31)14-12-20-28-30(3,4)24-16-8-10-18-26(24)33(28)6;/h7-20H,1-6H3;1H/q+1;/p-1. The summed E-state index contributed by atoms with van der Waals surface area (Å²) in [6.07, 6.45) is 12.0. The lowest BCUT2D eigenvalue weighted by Gasteiger charge is -2.23. The molecular weight excluding hydrogens is 529 g/mol. The third-order valence-corrected chi connectivity index (χ3v) is 7.07. The van der Waals surface area contributed by atoms with E-state index in [1.807, 2.05) is 24.3 Å². The van der Waals surface area contributed by atoms with Gasteiger partial charge >= 0.3 is 0 Å². The lowest BCUT2D eigenvalue weighted by Crippen LogP contribution is -3.00. The van der Waals surface area contributed by atoms with Crippen LogP contribution in [0.25, 0.3) is 0 Å². The van der Waals surface area contributed by atoms with Gasteiger partial charge in [0, 0.05) is 41.6 Å². The Labute approximate surface area is 221 Å². The number of nitrogens with zero attached hydrogens (tertiary/aromatic N) is 3. The summed E-state index contributed by atoms with van der Waals surface area (Å²) in [5.74, 6) is 0. The van der Waals surface area contributed by atoms with Crippen LogP contribution < -0.4 is 28.9 Å². The minimum absolute atomic E-state index is 0. The molecule has 0 amide bonds. The van der Waals surface area contributed by atoms with E-state index < -0.39 is 0 Å². The highest BCUT2D eigenvalue weighted by atomic mass is 127. The highest BCUT2D eigenvalue weighted by Gasteiger charge is 2.42. The molecule has 0 aromatic heterocycles. The Bertz CT molecular complexity index is 1300. The predicted molar refractivity (Wildman–Crippen MR) is 138 cm³/mol. The van der Waals surface area contributed by atoms with Gasteiger partial charge in [-0.2, -0.15) is 9.84 Å². The zero-order valence-corrected chi connectivity index (χ0v) is 23.0. The minimum atomic E-state index is -0.0730. The molecule has 0 fully saturated rings. The zero-order chi connectivity index (χ0) is 23.8. The van der Waals surface area contributed by atoms with Crippen LogP contribution in [0, 0.1) is 11.3 Å². The van der Waals surface area contributed by atoms with Crippen molar-refractivity contribution >= 4 is 17.1 Å². The van der Waals surface area contributed by atoms with Gasteiger partial charge in [-0.1, -0.05) is 62.4 Å². The van der Waals surface area contributed by atoms with Crippen molar-refractivity contribution in [2.24, 2.45) is 0 Å². The minimum Gasteiger partial charge on any atom is -1.00 e. The van der Waals surface area contributed by atoms with Crippen LogP contribution in [0.5, 0.6) is 0 Å².